The normalized spacial score (nSPS) is 15.9. The summed E-state index contributed by atoms with van der Waals surface area (Å²) >= 11 is 17.3. The van der Waals surface area contributed by atoms with Gasteiger partial charge in [0, 0.05) is 5.02 Å². The maximum absolute atomic E-state index is 12.9. The summed E-state index contributed by atoms with van der Waals surface area (Å²) in [5, 5.41) is 3.35. The first-order chi connectivity index (χ1) is 12.9. The van der Waals surface area contributed by atoms with Gasteiger partial charge >= 0.3 is 0 Å². The summed E-state index contributed by atoms with van der Waals surface area (Å²) in [5.41, 5.74) is 0.984. The molecule has 0 atom stereocenters. The molecule has 1 heterocycles. The van der Waals surface area contributed by atoms with Crippen LogP contribution in [-0.2, 0) is 9.59 Å². The molecule has 2 aromatic rings. The Hall–Kier alpha value is -2.41. The molecule has 0 bridgehead atoms. The van der Waals surface area contributed by atoms with Crippen LogP contribution < -0.4 is 15.0 Å². The highest BCUT2D eigenvalue weighted by atomic mass is 35.5. The van der Waals surface area contributed by atoms with E-state index in [1.54, 1.807) is 42.5 Å². The van der Waals surface area contributed by atoms with Gasteiger partial charge in [-0.3, -0.25) is 19.8 Å². The van der Waals surface area contributed by atoms with E-state index in [1.165, 1.54) is 11.0 Å². The molecule has 138 valence electrons. The second-order valence-electron chi connectivity index (χ2n) is 5.56. The number of carbonyl (C=O) groups is 2. The number of carbonyl (C=O) groups excluding carboxylic acids is 2. The molecule has 1 saturated heterocycles. The number of nitrogens with one attached hydrogen (secondary N) is 1. The Morgan fingerprint density at radius 2 is 1.96 bits per heavy atom. The monoisotopic (exact) mass is 420 g/mol. The van der Waals surface area contributed by atoms with Crippen LogP contribution in [0.25, 0.3) is 6.08 Å². The lowest BCUT2D eigenvalue weighted by Crippen LogP contribution is -2.54. The van der Waals surface area contributed by atoms with Crippen molar-refractivity contribution < 1.29 is 14.3 Å². The summed E-state index contributed by atoms with van der Waals surface area (Å²) in [4.78, 5) is 26.5. The fourth-order valence-electron chi connectivity index (χ4n) is 2.55. The molecule has 0 aromatic heterocycles. The average molecular weight is 421 g/mol. The number of rotatable bonds is 4. The lowest BCUT2D eigenvalue weighted by molar-refractivity contribution is -0.122. The SMILES string of the molecule is CCOc1ccc(/C=C2\C(=O)NC(=S)N(c3cccc(Cl)c3)C2=O)cc1Cl. The maximum Gasteiger partial charge on any atom is 0.270 e. The largest absolute Gasteiger partial charge is 0.492 e. The highest BCUT2D eigenvalue weighted by molar-refractivity contribution is 7.80. The van der Waals surface area contributed by atoms with Gasteiger partial charge in [0.2, 0.25) is 0 Å². The van der Waals surface area contributed by atoms with Crippen molar-refractivity contribution in [3.05, 3.63) is 63.6 Å². The fourth-order valence-corrected chi connectivity index (χ4v) is 3.26. The Morgan fingerprint density at radius 1 is 1.19 bits per heavy atom. The van der Waals surface area contributed by atoms with Crippen LogP contribution in [0, 0.1) is 0 Å². The van der Waals surface area contributed by atoms with Crippen molar-refractivity contribution >= 4 is 64.1 Å². The molecule has 1 N–H and O–H groups in total. The summed E-state index contributed by atoms with van der Waals surface area (Å²) in [7, 11) is 0. The van der Waals surface area contributed by atoms with Crippen molar-refractivity contribution in [2.45, 2.75) is 6.92 Å². The van der Waals surface area contributed by atoms with Gasteiger partial charge in [0.05, 0.1) is 17.3 Å². The van der Waals surface area contributed by atoms with Crippen LogP contribution in [0.1, 0.15) is 12.5 Å². The zero-order valence-electron chi connectivity index (χ0n) is 14.2. The first-order valence-electron chi connectivity index (χ1n) is 8.00. The van der Waals surface area contributed by atoms with E-state index in [2.05, 4.69) is 5.32 Å². The number of hydrogen-bond donors (Lipinski definition) is 1. The average Bonchev–Trinajstić information content (AvgIpc) is 2.61. The molecule has 1 fully saturated rings. The van der Waals surface area contributed by atoms with Crippen LogP contribution in [-0.4, -0.2) is 23.5 Å². The molecule has 1 aliphatic heterocycles. The van der Waals surface area contributed by atoms with Gasteiger partial charge in [-0.1, -0.05) is 35.3 Å². The van der Waals surface area contributed by atoms with E-state index in [0.29, 0.717) is 33.7 Å². The Labute approximate surface area is 171 Å². The fraction of sp³-hybridized carbons (Fsp3) is 0.105. The van der Waals surface area contributed by atoms with Crippen LogP contribution >= 0.6 is 35.4 Å². The van der Waals surface area contributed by atoms with Gasteiger partial charge < -0.3 is 4.74 Å². The number of halogens is 2. The number of anilines is 1. The topological polar surface area (TPSA) is 58.6 Å². The standard InChI is InChI=1S/C19H14Cl2N2O3S/c1-2-26-16-7-6-11(9-15(16)21)8-14-17(24)22-19(27)23(18(14)25)13-5-3-4-12(20)10-13/h3-10H,2H2,1H3,(H,22,24,27)/b14-8+. The van der Waals surface area contributed by atoms with E-state index >= 15 is 0 Å². The van der Waals surface area contributed by atoms with Crippen molar-refractivity contribution in [2.24, 2.45) is 0 Å². The molecule has 1 aliphatic rings. The van der Waals surface area contributed by atoms with Gasteiger partial charge in [0.1, 0.15) is 11.3 Å². The van der Waals surface area contributed by atoms with Crippen molar-refractivity contribution in [3.8, 4) is 5.75 Å². The van der Waals surface area contributed by atoms with E-state index in [-0.39, 0.29) is 10.7 Å². The lowest BCUT2D eigenvalue weighted by atomic mass is 10.1. The first-order valence-corrected chi connectivity index (χ1v) is 9.16. The number of nitrogens with zero attached hydrogens (tertiary/aromatic N) is 1. The van der Waals surface area contributed by atoms with Crippen molar-refractivity contribution in [1.29, 1.82) is 0 Å². The van der Waals surface area contributed by atoms with Crippen LogP contribution in [0.4, 0.5) is 5.69 Å². The first kappa shape index (κ1) is 19.4. The van der Waals surface area contributed by atoms with Gasteiger partial charge in [0.25, 0.3) is 11.8 Å². The summed E-state index contributed by atoms with van der Waals surface area (Å²) in [6, 6.07) is 11.7. The molecule has 0 saturated carbocycles. The van der Waals surface area contributed by atoms with E-state index in [1.807, 2.05) is 6.92 Å². The van der Waals surface area contributed by atoms with Crippen molar-refractivity contribution in [1.82, 2.24) is 5.32 Å². The third-order valence-electron chi connectivity index (χ3n) is 3.73. The molecule has 2 amide bonds. The maximum atomic E-state index is 12.9. The van der Waals surface area contributed by atoms with E-state index in [4.69, 9.17) is 40.2 Å². The highest BCUT2D eigenvalue weighted by Gasteiger charge is 2.34. The molecule has 3 rings (SSSR count). The van der Waals surface area contributed by atoms with Crippen LogP contribution in [0.2, 0.25) is 10.0 Å². The smallest absolute Gasteiger partial charge is 0.270 e. The molecule has 2 aromatic carbocycles. The van der Waals surface area contributed by atoms with Crippen molar-refractivity contribution in [3.63, 3.8) is 0 Å². The minimum atomic E-state index is -0.576. The second-order valence-corrected chi connectivity index (χ2v) is 6.79. The molecule has 27 heavy (non-hydrogen) atoms. The molecule has 0 unspecified atom stereocenters. The third-order valence-corrected chi connectivity index (χ3v) is 4.55. The van der Waals surface area contributed by atoms with Gasteiger partial charge in [0.15, 0.2) is 5.11 Å². The van der Waals surface area contributed by atoms with Gasteiger partial charge in [-0.15, -0.1) is 0 Å². The van der Waals surface area contributed by atoms with Crippen LogP contribution in [0.3, 0.4) is 0 Å². The highest BCUT2D eigenvalue weighted by Crippen LogP contribution is 2.28. The van der Waals surface area contributed by atoms with Crippen LogP contribution in [0.5, 0.6) is 5.75 Å². The number of ether oxygens (including phenoxy) is 1. The number of hydrogen-bond acceptors (Lipinski definition) is 4. The quantitative estimate of drug-likeness (QED) is 0.456. The minimum Gasteiger partial charge on any atom is -0.492 e. The van der Waals surface area contributed by atoms with Gasteiger partial charge in [-0.2, -0.15) is 0 Å². The Kier molecular flexibility index (Phi) is 5.79. The number of amides is 2. The molecule has 5 nitrogen and oxygen atoms in total. The van der Waals surface area contributed by atoms with Gasteiger partial charge in [-0.25, -0.2) is 0 Å². The van der Waals surface area contributed by atoms with Gasteiger partial charge in [-0.05, 0) is 61.1 Å². The molecule has 0 radical (unpaired) electrons. The predicted molar refractivity (Wildman–Crippen MR) is 110 cm³/mol. The molecular weight excluding hydrogens is 407 g/mol. The molecule has 0 aliphatic carbocycles. The van der Waals surface area contributed by atoms with E-state index in [9.17, 15) is 9.59 Å². The second kappa shape index (κ2) is 8.08. The zero-order valence-corrected chi connectivity index (χ0v) is 16.5. The van der Waals surface area contributed by atoms with Crippen LogP contribution in [0.15, 0.2) is 48.0 Å². The summed E-state index contributed by atoms with van der Waals surface area (Å²) in [6.07, 6.45) is 1.46. The zero-order chi connectivity index (χ0) is 19.6. The number of thiocarbonyl (C=S) groups is 1. The van der Waals surface area contributed by atoms with E-state index < -0.39 is 11.8 Å². The molecule has 0 spiro atoms. The molecule has 8 heteroatoms. The summed E-state index contributed by atoms with van der Waals surface area (Å²) < 4.78 is 5.39. The Balaban J connectivity index is 1.98. The van der Waals surface area contributed by atoms with E-state index in [0.717, 1.165) is 0 Å². The third kappa shape index (κ3) is 4.13. The summed E-state index contributed by atoms with van der Waals surface area (Å²) in [5.74, 6) is -0.591. The Bertz CT molecular complexity index is 975. The summed E-state index contributed by atoms with van der Waals surface area (Å²) in [6.45, 7) is 2.33. The Morgan fingerprint density at radius 3 is 2.63 bits per heavy atom. The predicted octanol–water partition coefficient (Wildman–Crippen LogP) is 4.22. The number of benzene rings is 2. The minimum absolute atomic E-state index is 0.00542. The lowest BCUT2D eigenvalue weighted by Gasteiger charge is -2.29. The molecular formula is C19H14Cl2N2O3S. The van der Waals surface area contributed by atoms with Crippen molar-refractivity contribution in [2.75, 3.05) is 11.5 Å².